The fourth-order valence-corrected chi connectivity index (χ4v) is 3.95. The number of nitrogens with zero attached hydrogens (tertiary/aromatic N) is 2. The first kappa shape index (κ1) is 31.5. The molecule has 0 atom stereocenters. The molecule has 0 bridgehead atoms. The molecule has 178 valence electrons. The SMILES string of the molecule is CC[N+](CC)(CC)Cc1ccccc1.CC[N+](CC)(CC)Cc1ccccc1.C[O-].[OH-]. The van der Waals surface area contributed by atoms with E-state index in [2.05, 4.69) is 102 Å². The molecule has 4 nitrogen and oxygen atoms in total. The van der Waals surface area contributed by atoms with E-state index in [1.165, 1.54) is 72.5 Å². The maximum absolute atomic E-state index is 8.25. The Morgan fingerprint density at radius 3 is 0.903 bits per heavy atom. The van der Waals surface area contributed by atoms with Crippen molar-refractivity contribution in [1.82, 2.24) is 0 Å². The number of benzene rings is 2. The molecule has 2 rings (SSSR count). The number of hydrogen-bond donors (Lipinski definition) is 0. The topological polar surface area (TPSA) is 53.1 Å². The van der Waals surface area contributed by atoms with Crippen LogP contribution in [0.2, 0.25) is 0 Å². The fourth-order valence-electron chi connectivity index (χ4n) is 3.95. The lowest BCUT2D eigenvalue weighted by atomic mass is 10.2. The van der Waals surface area contributed by atoms with E-state index in [0.29, 0.717) is 0 Å². The van der Waals surface area contributed by atoms with Gasteiger partial charge in [0.25, 0.3) is 0 Å². The Hall–Kier alpha value is -1.72. The molecule has 0 aliphatic rings. The molecule has 0 aliphatic carbocycles. The Bertz CT molecular complexity index is 550. The summed E-state index contributed by atoms with van der Waals surface area (Å²) < 4.78 is 2.40. The Balaban J connectivity index is 0. The van der Waals surface area contributed by atoms with Crippen molar-refractivity contribution in [2.24, 2.45) is 0 Å². The van der Waals surface area contributed by atoms with Crippen LogP contribution in [0.4, 0.5) is 0 Å². The second kappa shape index (κ2) is 17.9. The highest BCUT2D eigenvalue weighted by Crippen LogP contribution is 2.14. The lowest BCUT2D eigenvalue weighted by Crippen LogP contribution is -2.46. The van der Waals surface area contributed by atoms with Crippen molar-refractivity contribution in [3.8, 4) is 0 Å². The number of rotatable bonds is 10. The van der Waals surface area contributed by atoms with Crippen LogP contribution in [-0.4, -0.2) is 60.8 Å². The van der Waals surface area contributed by atoms with E-state index in [1.54, 1.807) is 0 Å². The van der Waals surface area contributed by atoms with Crippen LogP contribution >= 0.6 is 0 Å². The molecule has 0 radical (unpaired) electrons. The monoisotopic (exact) mass is 432 g/mol. The molecular formula is C27H48N2O2. The normalized spacial score (nSPS) is 10.7. The summed E-state index contributed by atoms with van der Waals surface area (Å²) in [6.07, 6.45) is 0. The minimum absolute atomic E-state index is 0. The van der Waals surface area contributed by atoms with Gasteiger partial charge < -0.3 is 19.5 Å². The van der Waals surface area contributed by atoms with Crippen LogP contribution in [0.3, 0.4) is 0 Å². The largest absolute Gasteiger partial charge is 0.870 e. The van der Waals surface area contributed by atoms with Gasteiger partial charge in [-0.25, -0.2) is 0 Å². The molecule has 0 amide bonds. The van der Waals surface area contributed by atoms with Crippen LogP contribution < -0.4 is 5.11 Å². The van der Waals surface area contributed by atoms with Gasteiger partial charge in [0.15, 0.2) is 0 Å². The van der Waals surface area contributed by atoms with Crippen molar-refractivity contribution in [2.45, 2.75) is 54.6 Å². The van der Waals surface area contributed by atoms with E-state index in [0.717, 1.165) is 7.11 Å². The van der Waals surface area contributed by atoms with Gasteiger partial charge >= 0.3 is 0 Å². The average molecular weight is 433 g/mol. The zero-order valence-corrected chi connectivity index (χ0v) is 21.2. The number of quaternary nitrogens is 2. The molecule has 0 saturated carbocycles. The second-order valence-corrected chi connectivity index (χ2v) is 7.87. The predicted molar refractivity (Wildman–Crippen MR) is 132 cm³/mol. The minimum Gasteiger partial charge on any atom is -0.870 e. The van der Waals surface area contributed by atoms with Gasteiger partial charge in [-0.2, -0.15) is 7.11 Å². The van der Waals surface area contributed by atoms with Crippen molar-refractivity contribution >= 4 is 0 Å². The zero-order chi connectivity index (χ0) is 22.9. The minimum atomic E-state index is 0. The van der Waals surface area contributed by atoms with E-state index < -0.39 is 0 Å². The third-order valence-corrected chi connectivity index (χ3v) is 6.75. The van der Waals surface area contributed by atoms with Crippen molar-refractivity contribution < 1.29 is 19.5 Å². The quantitative estimate of drug-likeness (QED) is 0.500. The summed E-state index contributed by atoms with van der Waals surface area (Å²) in [6.45, 7) is 23.4. The van der Waals surface area contributed by atoms with E-state index in [-0.39, 0.29) is 5.48 Å². The smallest absolute Gasteiger partial charge is 0.104 e. The van der Waals surface area contributed by atoms with Gasteiger partial charge in [0.1, 0.15) is 13.1 Å². The van der Waals surface area contributed by atoms with Crippen molar-refractivity contribution in [3.05, 3.63) is 71.8 Å². The lowest BCUT2D eigenvalue weighted by Gasteiger charge is -2.35. The molecule has 0 aromatic heterocycles. The van der Waals surface area contributed by atoms with Crippen molar-refractivity contribution in [3.63, 3.8) is 0 Å². The first-order chi connectivity index (χ1) is 14.5. The van der Waals surface area contributed by atoms with Crippen LogP contribution in [0, 0.1) is 0 Å². The summed E-state index contributed by atoms with van der Waals surface area (Å²) in [7, 11) is 0.750. The Labute approximate surface area is 192 Å². The average Bonchev–Trinajstić information content (AvgIpc) is 2.84. The third-order valence-electron chi connectivity index (χ3n) is 6.75. The second-order valence-electron chi connectivity index (χ2n) is 7.87. The van der Waals surface area contributed by atoms with Crippen LogP contribution in [0.1, 0.15) is 52.7 Å². The van der Waals surface area contributed by atoms with Gasteiger partial charge in [0, 0.05) is 11.1 Å². The molecule has 4 heteroatoms. The predicted octanol–water partition coefficient (Wildman–Crippen LogP) is 4.93. The van der Waals surface area contributed by atoms with Gasteiger partial charge in [-0.1, -0.05) is 60.7 Å². The highest BCUT2D eigenvalue weighted by molar-refractivity contribution is 5.14. The first-order valence-corrected chi connectivity index (χ1v) is 11.7. The Kier molecular flexibility index (Phi) is 18.2. The Morgan fingerprint density at radius 1 is 0.484 bits per heavy atom. The molecule has 2 aromatic carbocycles. The molecule has 2 aromatic rings. The van der Waals surface area contributed by atoms with E-state index in [4.69, 9.17) is 5.11 Å². The highest BCUT2D eigenvalue weighted by atomic mass is 16.2. The molecule has 0 aliphatic heterocycles. The molecule has 0 spiro atoms. The van der Waals surface area contributed by atoms with E-state index >= 15 is 0 Å². The van der Waals surface area contributed by atoms with Crippen LogP contribution in [0.15, 0.2) is 60.7 Å². The first-order valence-electron chi connectivity index (χ1n) is 11.7. The van der Waals surface area contributed by atoms with E-state index in [1.807, 2.05) is 0 Å². The molecule has 0 fully saturated rings. The van der Waals surface area contributed by atoms with Gasteiger partial charge in [-0.3, -0.25) is 0 Å². The summed E-state index contributed by atoms with van der Waals surface area (Å²) >= 11 is 0. The van der Waals surface area contributed by atoms with Crippen molar-refractivity contribution in [2.75, 3.05) is 46.4 Å². The summed E-state index contributed by atoms with van der Waals surface area (Å²) in [5, 5.41) is 8.25. The molecule has 0 unspecified atom stereocenters. The standard InChI is InChI=1S/2C13H22N.CH3O.H2O/c2*1-4-14(5-2,6-3)12-13-10-8-7-9-11-13;1-2;/h2*7-11H,4-6,12H2,1-3H3;1H3;1H2/q2*+1;-1;/p-1. The third kappa shape index (κ3) is 10.9. The summed E-state index contributed by atoms with van der Waals surface area (Å²) in [4.78, 5) is 0. The Morgan fingerprint density at radius 2 is 0.710 bits per heavy atom. The van der Waals surface area contributed by atoms with Crippen LogP contribution in [-0.2, 0) is 13.1 Å². The van der Waals surface area contributed by atoms with Gasteiger partial charge in [-0.15, -0.1) is 0 Å². The van der Waals surface area contributed by atoms with Gasteiger partial charge in [0.05, 0.1) is 39.3 Å². The molecule has 1 N–H and O–H groups in total. The van der Waals surface area contributed by atoms with E-state index in [9.17, 15) is 0 Å². The molecule has 31 heavy (non-hydrogen) atoms. The lowest BCUT2D eigenvalue weighted by molar-refractivity contribution is -0.936. The van der Waals surface area contributed by atoms with Crippen molar-refractivity contribution in [1.29, 1.82) is 0 Å². The maximum atomic E-state index is 8.25. The van der Waals surface area contributed by atoms with Gasteiger partial charge in [0.2, 0.25) is 0 Å². The van der Waals surface area contributed by atoms with Crippen LogP contribution in [0.25, 0.3) is 0 Å². The summed E-state index contributed by atoms with van der Waals surface area (Å²) in [5.74, 6) is 0. The fraction of sp³-hybridized carbons (Fsp3) is 0.556. The molecule has 0 heterocycles. The maximum Gasteiger partial charge on any atom is 0.104 e. The summed E-state index contributed by atoms with van der Waals surface area (Å²) in [6, 6.07) is 21.6. The van der Waals surface area contributed by atoms with Crippen LogP contribution in [0.5, 0.6) is 0 Å². The molecule has 0 saturated heterocycles. The highest BCUT2D eigenvalue weighted by Gasteiger charge is 2.21. The summed E-state index contributed by atoms with van der Waals surface area (Å²) in [5.41, 5.74) is 2.91. The van der Waals surface area contributed by atoms with Gasteiger partial charge in [-0.05, 0) is 41.5 Å². The molecular weight excluding hydrogens is 384 g/mol. The number of hydrogen-bond acceptors (Lipinski definition) is 2. The zero-order valence-electron chi connectivity index (χ0n) is 21.2.